The van der Waals surface area contributed by atoms with Gasteiger partial charge in [-0.1, -0.05) is 0 Å². The molecule has 0 aromatic rings. The Morgan fingerprint density at radius 2 is 2.43 bits per heavy atom. The summed E-state index contributed by atoms with van der Waals surface area (Å²) < 4.78 is 23.9. The van der Waals surface area contributed by atoms with Gasteiger partial charge in [-0.2, -0.15) is 11.8 Å². The number of amides is 2. The summed E-state index contributed by atoms with van der Waals surface area (Å²) in [5, 5.41) is 2.72. The van der Waals surface area contributed by atoms with Gasteiger partial charge in [0.15, 0.2) is 0 Å². The van der Waals surface area contributed by atoms with Crippen LogP contribution in [-0.4, -0.2) is 48.5 Å². The second-order valence-electron chi connectivity index (χ2n) is 3.28. The Hall–Kier alpha value is -0.520. The minimum absolute atomic E-state index is 0.146. The lowest BCUT2D eigenvalue weighted by molar-refractivity contribution is 0.107. The molecular formula is C8H14F2N2OS. The molecule has 1 aliphatic rings. The van der Waals surface area contributed by atoms with Crippen molar-refractivity contribution < 1.29 is 13.6 Å². The summed E-state index contributed by atoms with van der Waals surface area (Å²) in [7, 11) is 1.38. The highest BCUT2D eigenvalue weighted by Gasteiger charge is 2.20. The Kier molecular flexibility index (Phi) is 4.44. The Bertz CT molecular complexity index is 198. The minimum Gasteiger partial charge on any atom is -0.334 e. The average Bonchev–Trinajstić information content (AvgIpc) is 2.55. The predicted octanol–water partition coefficient (Wildman–Crippen LogP) is 1.40. The van der Waals surface area contributed by atoms with Gasteiger partial charge in [-0.3, -0.25) is 0 Å². The number of alkyl halides is 2. The summed E-state index contributed by atoms with van der Waals surface area (Å²) in [5.41, 5.74) is 0. The fraction of sp³-hybridized carbons (Fsp3) is 0.875. The van der Waals surface area contributed by atoms with Gasteiger partial charge >= 0.3 is 6.03 Å². The number of hydrogen-bond donors (Lipinski definition) is 1. The fourth-order valence-corrected chi connectivity index (χ4v) is 2.38. The van der Waals surface area contributed by atoms with E-state index in [1.165, 1.54) is 7.05 Å². The predicted molar refractivity (Wildman–Crippen MR) is 52.9 cm³/mol. The minimum atomic E-state index is -2.47. The summed E-state index contributed by atoms with van der Waals surface area (Å²) >= 11 is 1.77. The van der Waals surface area contributed by atoms with Gasteiger partial charge in [0, 0.05) is 18.8 Å². The van der Waals surface area contributed by atoms with Gasteiger partial charge < -0.3 is 10.2 Å². The normalized spacial score (nSPS) is 21.3. The first-order chi connectivity index (χ1) is 6.59. The fourth-order valence-electron chi connectivity index (χ4n) is 1.22. The summed E-state index contributed by atoms with van der Waals surface area (Å²) in [6.07, 6.45) is -1.54. The number of nitrogens with zero attached hydrogens (tertiary/aromatic N) is 1. The molecule has 0 aliphatic carbocycles. The number of carbonyl (C=O) groups excluding carboxylic acids is 1. The third kappa shape index (κ3) is 3.69. The third-order valence-electron chi connectivity index (χ3n) is 2.02. The molecule has 2 amide bonds. The van der Waals surface area contributed by atoms with Crippen molar-refractivity contribution in [2.75, 3.05) is 25.1 Å². The SMILES string of the molecule is CN(CC(F)F)C(=O)NC1CCSC1. The maximum absolute atomic E-state index is 11.9. The molecule has 14 heavy (non-hydrogen) atoms. The van der Waals surface area contributed by atoms with E-state index in [1.807, 2.05) is 0 Å². The lowest BCUT2D eigenvalue weighted by Crippen LogP contribution is -2.44. The van der Waals surface area contributed by atoms with Crippen LogP contribution in [0.3, 0.4) is 0 Å². The van der Waals surface area contributed by atoms with Crippen LogP contribution in [0.15, 0.2) is 0 Å². The van der Waals surface area contributed by atoms with E-state index < -0.39 is 19.0 Å². The molecular weight excluding hydrogens is 210 g/mol. The molecule has 0 saturated carbocycles. The van der Waals surface area contributed by atoms with E-state index in [9.17, 15) is 13.6 Å². The summed E-state index contributed by atoms with van der Waals surface area (Å²) in [4.78, 5) is 12.3. The van der Waals surface area contributed by atoms with Crippen LogP contribution < -0.4 is 5.32 Å². The molecule has 0 radical (unpaired) electrons. The second kappa shape index (κ2) is 5.38. The van der Waals surface area contributed by atoms with Gasteiger partial charge in [0.25, 0.3) is 6.43 Å². The Labute approximate surface area is 86.2 Å². The molecule has 6 heteroatoms. The number of hydrogen-bond acceptors (Lipinski definition) is 2. The van der Waals surface area contributed by atoms with Gasteiger partial charge in [-0.05, 0) is 12.2 Å². The average molecular weight is 224 g/mol. The van der Waals surface area contributed by atoms with Gasteiger partial charge in [0.1, 0.15) is 0 Å². The lowest BCUT2D eigenvalue weighted by atomic mass is 10.3. The molecule has 1 atom stereocenters. The number of urea groups is 1. The van der Waals surface area contributed by atoms with Crippen LogP contribution in [0.2, 0.25) is 0 Å². The van der Waals surface area contributed by atoms with Crippen LogP contribution in [0.4, 0.5) is 13.6 Å². The molecule has 1 unspecified atom stereocenters. The van der Waals surface area contributed by atoms with Crippen molar-refractivity contribution in [1.29, 1.82) is 0 Å². The monoisotopic (exact) mass is 224 g/mol. The van der Waals surface area contributed by atoms with Crippen molar-refractivity contribution in [3.63, 3.8) is 0 Å². The molecule has 1 rings (SSSR count). The topological polar surface area (TPSA) is 32.3 Å². The summed E-state index contributed by atoms with van der Waals surface area (Å²) in [6.45, 7) is -0.508. The van der Waals surface area contributed by atoms with Crippen molar-refractivity contribution in [1.82, 2.24) is 10.2 Å². The zero-order valence-corrected chi connectivity index (χ0v) is 8.82. The zero-order valence-electron chi connectivity index (χ0n) is 8.00. The Balaban J connectivity index is 2.25. The molecule has 0 bridgehead atoms. The summed E-state index contributed by atoms with van der Waals surface area (Å²) in [6, 6.07) is -0.259. The number of rotatable bonds is 3. The van der Waals surface area contributed by atoms with E-state index in [4.69, 9.17) is 0 Å². The number of thioether (sulfide) groups is 1. The van der Waals surface area contributed by atoms with Crippen molar-refractivity contribution >= 4 is 17.8 Å². The molecule has 1 aliphatic heterocycles. The largest absolute Gasteiger partial charge is 0.334 e. The van der Waals surface area contributed by atoms with Crippen molar-refractivity contribution in [3.8, 4) is 0 Å². The van der Waals surface area contributed by atoms with E-state index in [-0.39, 0.29) is 6.04 Å². The highest BCUT2D eigenvalue weighted by molar-refractivity contribution is 7.99. The first-order valence-corrected chi connectivity index (χ1v) is 5.62. The Morgan fingerprint density at radius 3 is 2.93 bits per heavy atom. The number of halogens is 2. The highest BCUT2D eigenvalue weighted by atomic mass is 32.2. The maximum Gasteiger partial charge on any atom is 0.317 e. The third-order valence-corrected chi connectivity index (χ3v) is 3.18. The van der Waals surface area contributed by atoms with Crippen LogP contribution in [0, 0.1) is 0 Å². The van der Waals surface area contributed by atoms with E-state index in [0.29, 0.717) is 0 Å². The van der Waals surface area contributed by atoms with Crippen LogP contribution >= 0.6 is 11.8 Å². The molecule has 0 aromatic carbocycles. The van der Waals surface area contributed by atoms with Crippen LogP contribution in [0.1, 0.15) is 6.42 Å². The second-order valence-corrected chi connectivity index (χ2v) is 4.43. The Morgan fingerprint density at radius 1 is 1.71 bits per heavy atom. The van der Waals surface area contributed by atoms with E-state index in [1.54, 1.807) is 11.8 Å². The molecule has 1 heterocycles. The number of carbonyl (C=O) groups is 1. The van der Waals surface area contributed by atoms with Gasteiger partial charge in [0.05, 0.1) is 6.54 Å². The molecule has 1 fully saturated rings. The van der Waals surface area contributed by atoms with Gasteiger partial charge in [-0.25, -0.2) is 13.6 Å². The molecule has 0 aromatic heterocycles. The number of nitrogens with one attached hydrogen (secondary N) is 1. The quantitative estimate of drug-likeness (QED) is 0.786. The highest BCUT2D eigenvalue weighted by Crippen LogP contribution is 2.17. The molecule has 82 valence electrons. The standard InChI is InChI=1S/C8H14F2N2OS/c1-12(4-7(9)10)8(13)11-6-2-3-14-5-6/h6-7H,2-5H2,1H3,(H,11,13). The van der Waals surface area contributed by atoms with Crippen molar-refractivity contribution in [2.24, 2.45) is 0 Å². The zero-order chi connectivity index (χ0) is 10.6. The van der Waals surface area contributed by atoms with E-state index in [2.05, 4.69) is 5.32 Å². The molecule has 1 saturated heterocycles. The molecule has 1 N–H and O–H groups in total. The summed E-state index contributed by atoms with van der Waals surface area (Å²) in [5.74, 6) is 1.91. The molecule has 0 spiro atoms. The van der Waals surface area contributed by atoms with E-state index in [0.717, 1.165) is 22.8 Å². The van der Waals surface area contributed by atoms with Crippen LogP contribution in [0.25, 0.3) is 0 Å². The molecule has 3 nitrogen and oxygen atoms in total. The van der Waals surface area contributed by atoms with Crippen molar-refractivity contribution in [3.05, 3.63) is 0 Å². The van der Waals surface area contributed by atoms with Crippen molar-refractivity contribution in [2.45, 2.75) is 18.9 Å². The smallest absolute Gasteiger partial charge is 0.317 e. The van der Waals surface area contributed by atoms with Gasteiger partial charge in [0.2, 0.25) is 0 Å². The first-order valence-electron chi connectivity index (χ1n) is 4.47. The lowest BCUT2D eigenvalue weighted by Gasteiger charge is -2.20. The van der Waals surface area contributed by atoms with Crippen LogP contribution in [0.5, 0.6) is 0 Å². The van der Waals surface area contributed by atoms with E-state index >= 15 is 0 Å². The van der Waals surface area contributed by atoms with Gasteiger partial charge in [-0.15, -0.1) is 0 Å². The van der Waals surface area contributed by atoms with Crippen LogP contribution in [-0.2, 0) is 0 Å². The maximum atomic E-state index is 11.9. The first kappa shape index (κ1) is 11.6.